The van der Waals surface area contributed by atoms with Crippen LogP contribution >= 0.6 is 0 Å². The summed E-state index contributed by atoms with van der Waals surface area (Å²) in [6.07, 6.45) is -9.99. The molecule has 1 unspecified atom stereocenters. The number of benzene rings is 2. The first kappa shape index (κ1) is 26.7. The standard InChI is InChI=1S/C26H25F6N3O2/c1-4-14(2)34-20-8-6-5-7-18(20)22(16-9-10-16)33-23(24(34)37)35(15(3)36)21-12-11-17(25(27,28)29)13-19(21)26(30,31)32/h5-8,11-14,16,23H,4,9-10H2,1-3H3/t14-,23?/m0/s1. The zero-order chi connectivity index (χ0) is 27.3. The van der Waals surface area contributed by atoms with Gasteiger partial charge in [0, 0.05) is 24.4 Å². The highest BCUT2D eigenvalue weighted by molar-refractivity contribution is 6.16. The number of nitrogens with zero attached hydrogens (tertiary/aromatic N) is 3. The van der Waals surface area contributed by atoms with Crippen LogP contribution in [-0.2, 0) is 21.9 Å². The van der Waals surface area contributed by atoms with Crippen LogP contribution in [-0.4, -0.2) is 29.7 Å². The molecule has 0 N–H and O–H groups in total. The highest BCUT2D eigenvalue weighted by Crippen LogP contribution is 2.43. The summed E-state index contributed by atoms with van der Waals surface area (Å²) in [4.78, 5) is 33.4. The van der Waals surface area contributed by atoms with E-state index in [-0.39, 0.29) is 12.0 Å². The lowest BCUT2D eigenvalue weighted by Gasteiger charge is -2.35. The van der Waals surface area contributed by atoms with Gasteiger partial charge in [-0.3, -0.25) is 19.5 Å². The van der Waals surface area contributed by atoms with E-state index in [0.29, 0.717) is 40.4 Å². The van der Waals surface area contributed by atoms with E-state index in [1.54, 1.807) is 31.2 Å². The number of alkyl halides is 6. The minimum atomic E-state index is -5.24. The number of hydrogen-bond acceptors (Lipinski definition) is 3. The Bertz CT molecular complexity index is 1250. The Kier molecular flexibility index (Phi) is 6.85. The van der Waals surface area contributed by atoms with Crippen LogP contribution in [0.4, 0.5) is 37.7 Å². The summed E-state index contributed by atoms with van der Waals surface area (Å²) in [6, 6.07) is 7.59. The van der Waals surface area contributed by atoms with E-state index >= 15 is 0 Å². The number of rotatable bonds is 5. The number of carbonyl (C=O) groups excluding carboxylic acids is 2. The molecule has 2 aromatic rings. The van der Waals surface area contributed by atoms with Crippen LogP contribution in [0.25, 0.3) is 0 Å². The highest BCUT2D eigenvalue weighted by Gasteiger charge is 2.45. The third-order valence-corrected chi connectivity index (χ3v) is 6.63. The van der Waals surface area contributed by atoms with E-state index in [0.717, 1.165) is 19.8 Å². The maximum Gasteiger partial charge on any atom is 0.418 e. The van der Waals surface area contributed by atoms with Crippen molar-refractivity contribution in [2.24, 2.45) is 10.9 Å². The fraction of sp³-hybridized carbons (Fsp3) is 0.423. The molecule has 0 spiro atoms. The minimum absolute atomic E-state index is 0.0425. The van der Waals surface area contributed by atoms with Gasteiger partial charge in [-0.1, -0.05) is 25.1 Å². The average Bonchev–Trinajstić information content (AvgIpc) is 3.66. The van der Waals surface area contributed by atoms with Crippen molar-refractivity contribution in [1.82, 2.24) is 0 Å². The topological polar surface area (TPSA) is 53.0 Å². The van der Waals surface area contributed by atoms with Gasteiger partial charge >= 0.3 is 12.4 Å². The summed E-state index contributed by atoms with van der Waals surface area (Å²) >= 11 is 0. The van der Waals surface area contributed by atoms with Crippen molar-refractivity contribution in [2.75, 3.05) is 9.80 Å². The number of carbonyl (C=O) groups is 2. The zero-order valence-electron chi connectivity index (χ0n) is 20.3. The summed E-state index contributed by atoms with van der Waals surface area (Å²) in [7, 11) is 0. The molecule has 37 heavy (non-hydrogen) atoms. The van der Waals surface area contributed by atoms with E-state index in [1.165, 1.54) is 4.90 Å². The molecule has 4 rings (SSSR count). The van der Waals surface area contributed by atoms with Crippen molar-refractivity contribution in [3.05, 3.63) is 59.2 Å². The first-order chi connectivity index (χ1) is 17.3. The van der Waals surface area contributed by atoms with Crippen LogP contribution in [0, 0.1) is 5.92 Å². The van der Waals surface area contributed by atoms with E-state index < -0.39 is 53.2 Å². The Hall–Kier alpha value is -3.37. The molecule has 1 heterocycles. The number of amides is 2. The number of hydrogen-bond donors (Lipinski definition) is 0. The summed E-state index contributed by atoms with van der Waals surface area (Å²) in [6.45, 7) is 4.57. The van der Waals surface area contributed by atoms with Crippen LogP contribution in [0.1, 0.15) is 56.7 Å². The van der Waals surface area contributed by atoms with Crippen LogP contribution in [0.3, 0.4) is 0 Å². The summed E-state index contributed by atoms with van der Waals surface area (Å²) in [5.74, 6) is -1.74. The van der Waals surface area contributed by atoms with Gasteiger partial charge in [0.15, 0.2) is 0 Å². The third-order valence-electron chi connectivity index (χ3n) is 6.63. The van der Waals surface area contributed by atoms with E-state index in [1.807, 2.05) is 6.92 Å². The quantitative estimate of drug-likeness (QED) is 0.422. The molecule has 0 aromatic heterocycles. The van der Waals surface area contributed by atoms with E-state index in [4.69, 9.17) is 0 Å². The second-order valence-corrected chi connectivity index (χ2v) is 9.26. The molecule has 198 valence electrons. The smallest absolute Gasteiger partial charge is 0.305 e. The van der Waals surface area contributed by atoms with Gasteiger partial charge in [0.1, 0.15) is 0 Å². The fourth-order valence-electron chi connectivity index (χ4n) is 4.51. The molecule has 1 saturated carbocycles. The number of aliphatic imine (C=N–C) groups is 1. The molecule has 2 aromatic carbocycles. The molecule has 5 nitrogen and oxygen atoms in total. The van der Waals surface area contributed by atoms with Crippen molar-refractivity contribution in [1.29, 1.82) is 0 Å². The Morgan fingerprint density at radius 3 is 2.27 bits per heavy atom. The lowest BCUT2D eigenvalue weighted by atomic mass is 10.0. The van der Waals surface area contributed by atoms with E-state index in [2.05, 4.69) is 4.99 Å². The van der Waals surface area contributed by atoms with Crippen LogP contribution in [0.5, 0.6) is 0 Å². The van der Waals surface area contributed by atoms with Crippen molar-refractivity contribution in [3.8, 4) is 0 Å². The number of fused-ring (bicyclic) bond motifs is 1. The number of benzodiazepines with no additional fused rings is 1. The molecule has 1 fully saturated rings. The van der Waals surface area contributed by atoms with Crippen LogP contribution < -0.4 is 9.80 Å². The fourth-order valence-corrected chi connectivity index (χ4v) is 4.51. The third kappa shape index (κ3) is 5.08. The maximum absolute atomic E-state index is 14.0. The molecule has 1 aliphatic carbocycles. The molecule has 11 heteroatoms. The van der Waals surface area contributed by atoms with Gasteiger partial charge in [-0.05, 0) is 50.5 Å². The van der Waals surface area contributed by atoms with Gasteiger partial charge in [0.2, 0.25) is 12.1 Å². The molecular weight excluding hydrogens is 500 g/mol. The zero-order valence-corrected chi connectivity index (χ0v) is 20.3. The van der Waals surface area contributed by atoms with Gasteiger partial charge in [-0.15, -0.1) is 0 Å². The normalized spacial score (nSPS) is 19.2. The molecular formula is C26H25F6N3O2. The first-order valence-electron chi connectivity index (χ1n) is 11.8. The Morgan fingerprint density at radius 2 is 1.73 bits per heavy atom. The number of anilines is 2. The first-order valence-corrected chi connectivity index (χ1v) is 11.8. The molecule has 2 aliphatic rings. The second kappa shape index (κ2) is 9.50. The minimum Gasteiger partial charge on any atom is -0.305 e. The second-order valence-electron chi connectivity index (χ2n) is 9.26. The van der Waals surface area contributed by atoms with Crippen molar-refractivity contribution in [2.45, 2.75) is 64.6 Å². The molecule has 0 radical (unpaired) electrons. The summed E-state index contributed by atoms with van der Waals surface area (Å²) in [5.41, 5.74) is -2.39. The van der Waals surface area contributed by atoms with E-state index in [9.17, 15) is 35.9 Å². The number of halogens is 6. The molecule has 2 amide bonds. The van der Waals surface area contributed by atoms with Crippen molar-refractivity contribution >= 4 is 28.9 Å². The molecule has 0 saturated heterocycles. The van der Waals surface area contributed by atoms with Crippen molar-refractivity contribution in [3.63, 3.8) is 0 Å². The average molecular weight is 525 g/mol. The predicted octanol–water partition coefficient (Wildman–Crippen LogP) is 6.45. The Morgan fingerprint density at radius 1 is 1.08 bits per heavy atom. The Labute approximate surface area is 209 Å². The largest absolute Gasteiger partial charge is 0.418 e. The number of para-hydroxylation sites is 1. The maximum atomic E-state index is 14.0. The predicted molar refractivity (Wildman–Crippen MR) is 126 cm³/mol. The highest BCUT2D eigenvalue weighted by atomic mass is 19.4. The molecule has 2 atom stereocenters. The van der Waals surface area contributed by atoms with Gasteiger partial charge in [-0.2, -0.15) is 26.3 Å². The SMILES string of the molecule is CC[C@H](C)N1C(=O)C(N(C(C)=O)c2ccc(C(F)(F)F)cc2C(F)(F)F)N=C(C2CC2)c2ccccc21. The van der Waals surface area contributed by atoms with Gasteiger partial charge < -0.3 is 4.90 Å². The lowest BCUT2D eigenvalue weighted by Crippen LogP contribution is -2.52. The molecule has 0 bridgehead atoms. The molecule has 1 aliphatic heterocycles. The van der Waals surface area contributed by atoms with Crippen LogP contribution in [0.2, 0.25) is 0 Å². The Balaban J connectivity index is 1.96. The summed E-state index contributed by atoms with van der Waals surface area (Å²) < 4.78 is 81.9. The summed E-state index contributed by atoms with van der Waals surface area (Å²) in [5, 5.41) is 0. The van der Waals surface area contributed by atoms with Crippen molar-refractivity contribution < 1.29 is 35.9 Å². The van der Waals surface area contributed by atoms with Gasteiger partial charge in [0.05, 0.1) is 28.2 Å². The monoisotopic (exact) mass is 525 g/mol. The van der Waals surface area contributed by atoms with Crippen LogP contribution in [0.15, 0.2) is 47.5 Å². The lowest BCUT2D eigenvalue weighted by molar-refractivity contribution is -0.143. The van der Waals surface area contributed by atoms with Gasteiger partial charge in [-0.25, -0.2) is 0 Å². The van der Waals surface area contributed by atoms with Gasteiger partial charge in [0.25, 0.3) is 5.91 Å².